The average molecular weight is 427 g/mol. The summed E-state index contributed by atoms with van der Waals surface area (Å²) in [6.45, 7) is 8.51. The first-order chi connectivity index (χ1) is 15.1. The molecular formula is C21H30N8O2. The van der Waals surface area contributed by atoms with Crippen LogP contribution in [0.2, 0.25) is 0 Å². The SMILES string of the molecule is CC(c1nc(N)nc(Nc2ccccc2)n1)N1CCN(C(=O)CN2CCOCC2)CC1. The standard InChI is InChI=1S/C21H30N8O2/c1-16(19-24-20(22)26-21(25-19)23-17-5-3-2-4-6-17)28-7-9-29(10-8-28)18(30)15-27-11-13-31-14-12-27/h2-6,16H,7-15H2,1H3,(H3,22,23,24,25,26). The fraction of sp³-hybridized carbons (Fsp3) is 0.524. The molecule has 2 aromatic rings. The van der Waals surface area contributed by atoms with Crippen molar-refractivity contribution in [3.63, 3.8) is 0 Å². The molecule has 0 bridgehead atoms. The largest absolute Gasteiger partial charge is 0.379 e. The van der Waals surface area contributed by atoms with Crippen LogP contribution in [0.1, 0.15) is 18.8 Å². The maximum atomic E-state index is 12.6. The second kappa shape index (κ2) is 9.99. The number of hydrogen-bond donors (Lipinski definition) is 2. The zero-order valence-electron chi connectivity index (χ0n) is 17.9. The van der Waals surface area contributed by atoms with Gasteiger partial charge in [0, 0.05) is 45.0 Å². The van der Waals surface area contributed by atoms with Gasteiger partial charge < -0.3 is 20.7 Å². The smallest absolute Gasteiger partial charge is 0.236 e. The van der Waals surface area contributed by atoms with E-state index < -0.39 is 0 Å². The lowest BCUT2D eigenvalue weighted by Gasteiger charge is -2.38. The molecule has 31 heavy (non-hydrogen) atoms. The Morgan fingerprint density at radius 2 is 1.77 bits per heavy atom. The van der Waals surface area contributed by atoms with Gasteiger partial charge in [-0.1, -0.05) is 18.2 Å². The Bertz CT molecular complexity index is 867. The molecule has 4 rings (SSSR count). The van der Waals surface area contributed by atoms with Gasteiger partial charge in [0.05, 0.1) is 25.8 Å². The lowest BCUT2D eigenvalue weighted by Crippen LogP contribution is -2.52. The number of ether oxygens (including phenoxy) is 1. The molecule has 3 heterocycles. The van der Waals surface area contributed by atoms with E-state index in [1.54, 1.807) is 0 Å². The van der Waals surface area contributed by atoms with Gasteiger partial charge in [-0.2, -0.15) is 15.0 Å². The van der Waals surface area contributed by atoms with Gasteiger partial charge in [-0.25, -0.2) is 0 Å². The Labute approximate surface area is 182 Å². The number of aromatic nitrogens is 3. The maximum absolute atomic E-state index is 12.6. The summed E-state index contributed by atoms with van der Waals surface area (Å²) in [5, 5.41) is 3.18. The van der Waals surface area contributed by atoms with Gasteiger partial charge >= 0.3 is 0 Å². The third kappa shape index (κ3) is 5.66. The molecule has 1 unspecified atom stereocenters. The normalized spacial score (nSPS) is 19.2. The van der Waals surface area contributed by atoms with Crippen LogP contribution in [-0.2, 0) is 9.53 Å². The van der Waals surface area contributed by atoms with Crippen molar-refractivity contribution in [3.05, 3.63) is 36.2 Å². The molecule has 1 aromatic carbocycles. The third-order valence-corrected chi connectivity index (χ3v) is 5.75. The van der Waals surface area contributed by atoms with E-state index in [1.807, 2.05) is 35.2 Å². The zero-order chi connectivity index (χ0) is 21.6. The van der Waals surface area contributed by atoms with Crippen LogP contribution in [-0.4, -0.2) is 94.6 Å². The van der Waals surface area contributed by atoms with Gasteiger partial charge in [0.25, 0.3) is 0 Å². The quantitative estimate of drug-likeness (QED) is 0.690. The van der Waals surface area contributed by atoms with Crippen molar-refractivity contribution in [2.75, 3.05) is 70.1 Å². The molecule has 10 heteroatoms. The molecule has 0 aliphatic carbocycles. The molecule has 2 fully saturated rings. The van der Waals surface area contributed by atoms with Crippen molar-refractivity contribution < 1.29 is 9.53 Å². The second-order valence-corrected chi connectivity index (χ2v) is 7.85. The van der Waals surface area contributed by atoms with Crippen molar-refractivity contribution in [1.29, 1.82) is 0 Å². The molecule has 0 radical (unpaired) electrons. The number of anilines is 3. The van der Waals surface area contributed by atoms with E-state index >= 15 is 0 Å². The highest BCUT2D eigenvalue weighted by atomic mass is 16.5. The minimum atomic E-state index is -0.0295. The summed E-state index contributed by atoms with van der Waals surface area (Å²) in [6, 6.07) is 9.68. The summed E-state index contributed by atoms with van der Waals surface area (Å²) in [7, 11) is 0. The number of rotatable bonds is 6. The van der Waals surface area contributed by atoms with Crippen LogP contribution < -0.4 is 11.1 Å². The maximum Gasteiger partial charge on any atom is 0.236 e. The van der Waals surface area contributed by atoms with Crippen LogP contribution >= 0.6 is 0 Å². The molecular weight excluding hydrogens is 396 g/mol. The fourth-order valence-corrected chi connectivity index (χ4v) is 3.88. The van der Waals surface area contributed by atoms with Gasteiger partial charge in [0.2, 0.25) is 17.8 Å². The molecule has 166 valence electrons. The number of benzene rings is 1. The van der Waals surface area contributed by atoms with E-state index in [1.165, 1.54) is 0 Å². The summed E-state index contributed by atoms with van der Waals surface area (Å²) in [5.74, 6) is 1.43. The predicted molar refractivity (Wildman–Crippen MR) is 118 cm³/mol. The molecule has 3 N–H and O–H groups in total. The number of hydrogen-bond acceptors (Lipinski definition) is 9. The molecule has 0 saturated carbocycles. The number of carbonyl (C=O) groups is 1. The Hall–Kier alpha value is -2.82. The topological polar surface area (TPSA) is 113 Å². The van der Waals surface area contributed by atoms with Gasteiger partial charge in [-0.15, -0.1) is 0 Å². The fourth-order valence-electron chi connectivity index (χ4n) is 3.88. The Morgan fingerprint density at radius 1 is 1.06 bits per heavy atom. The molecule has 0 spiro atoms. The van der Waals surface area contributed by atoms with E-state index in [2.05, 4.69) is 37.0 Å². The first-order valence-corrected chi connectivity index (χ1v) is 10.7. The minimum absolute atomic E-state index is 0.0295. The highest BCUT2D eigenvalue weighted by Crippen LogP contribution is 2.21. The van der Waals surface area contributed by atoms with Crippen molar-refractivity contribution in [2.24, 2.45) is 0 Å². The van der Waals surface area contributed by atoms with E-state index in [9.17, 15) is 4.79 Å². The summed E-state index contributed by atoms with van der Waals surface area (Å²) >= 11 is 0. The molecule has 2 saturated heterocycles. The summed E-state index contributed by atoms with van der Waals surface area (Å²) < 4.78 is 5.36. The van der Waals surface area contributed by atoms with Crippen LogP contribution in [0.3, 0.4) is 0 Å². The second-order valence-electron chi connectivity index (χ2n) is 7.85. The van der Waals surface area contributed by atoms with Crippen LogP contribution in [0.4, 0.5) is 17.6 Å². The highest BCUT2D eigenvalue weighted by molar-refractivity contribution is 5.78. The molecule has 1 aromatic heterocycles. The minimum Gasteiger partial charge on any atom is -0.379 e. The summed E-state index contributed by atoms with van der Waals surface area (Å²) in [5.41, 5.74) is 6.83. The van der Waals surface area contributed by atoms with Gasteiger partial charge in [0.1, 0.15) is 0 Å². The van der Waals surface area contributed by atoms with Gasteiger partial charge in [0.15, 0.2) is 5.82 Å². The lowest BCUT2D eigenvalue weighted by atomic mass is 10.2. The first-order valence-electron chi connectivity index (χ1n) is 10.7. The van der Waals surface area contributed by atoms with E-state index in [0.717, 1.165) is 31.9 Å². The highest BCUT2D eigenvalue weighted by Gasteiger charge is 2.27. The molecule has 10 nitrogen and oxygen atoms in total. The van der Waals surface area contributed by atoms with Crippen LogP contribution in [0.15, 0.2) is 30.3 Å². The number of amides is 1. The molecule has 1 amide bonds. The van der Waals surface area contributed by atoms with Crippen molar-refractivity contribution in [2.45, 2.75) is 13.0 Å². The van der Waals surface area contributed by atoms with Crippen molar-refractivity contribution in [3.8, 4) is 0 Å². The monoisotopic (exact) mass is 426 g/mol. The predicted octanol–water partition coefficient (Wildman–Crippen LogP) is 0.735. The molecule has 1 atom stereocenters. The number of piperazine rings is 1. The summed E-state index contributed by atoms with van der Waals surface area (Å²) in [6.07, 6.45) is 0. The number of nitrogens with one attached hydrogen (secondary N) is 1. The Kier molecular flexibility index (Phi) is 6.90. The number of nitrogens with two attached hydrogens (primary N) is 1. The van der Waals surface area contributed by atoms with Crippen LogP contribution in [0.25, 0.3) is 0 Å². The van der Waals surface area contributed by atoms with E-state index in [0.29, 0.717) is 44.6 Å². The van der Waals surface area contributed by atoms with Crippen LogP contribution in [0.5, 0.6) is 0 Å². The van der Waals surface area contributed by atoms with E-state index in [4.69, 9.17) is 10.5 Å². The average Bonchev–Trinajstić information content (AvgIpc) is 2.79. The number of nitrogens with zero attached hydrogens (tertiary/aromatic N) is 6. The van der Waals surface area contributed by atoms with Gasteiger partial charge in [-0.3, -0.25) is 14.6 Å². The molecule has 2 aliphatic rings. The van der Waals surface area contributed by atoms with Crippen molar-refractivity contribution >= 4 is 23.5 Å². The Morgan fingerprint density at radius 3 is 2.48 bits per heavy atom. The van der Waals surface area contributed by atoms with E-state index in [-0.39, 0.29) is 17.9 Å². The first kappa shape index (κ1) is 21.4. The Balaban J connectivity index is 1.34. The number of nitrogen functional groups attached to an aromatic ring is 1. The van der Waals surface area contributed by atoms with Crippen LogP contribution in [0, 0.1) is 0 Å². The summed E-state index contributed by atoms with van der Waals surface area (Å²) in [4.78, 5) is 32.2. The number of carbonyl (C=O) groups excluding carboxylic acids is 1. The van der Waals surface area contributed by atoms with Gasteiger partial charge in [-0.05, 0) is 19.1 Å². The van der Waals surface area contributed by atoms with Crippen molar-refractivity contribution in [1.82, 2.24) is 29.7 Å². The lowest BCUT2D eigenvalue weighted by molar-refractivity contribution is -0.135. The zero-order valence-corrected chi connectivity index (χ0v) is 17.9. The molecule has 2 aliphatic heterocycles. The number of para-hydroxylation sites is 1. The number of morpholine rings is 1. The third-order valence-electron chi connectivity index (χ3n) is 5.75.